The minimum absolute atomic E-state index is 0.0177. The standard InChI is InChI=1S/C28H35N5O5/c1-16(2)38-24-11-21-20(10-22(24)26(29)35)23(13-30-27(21)37-15-18-4-5-25(34)32-18)17-12-31-33(14-17)19-6-8-28(3,36)9-7-19/h10-14,16,18-19,36H,4-9,15H2,1-3H3,(H2,29,35)(H,32,34)/t18-,19-,28+/m0/s1. The lowest BCUT2D eigenvalue weighted by Gasteiger charge is -2.33. The fraction of sp³-hybridized carbons (Fsp3) is 0.500. The maximum absolute atomic E-state index is 12.4. The first kappa shape index (κ1) is 26.0. The Balaban J connectivity index is 1.54. The quantitative estimate of drug-likeness (QED) is 0.412. The number of aromatic nitrogens is 3. The molecule has 202 valence electrons. The largest absolute Gasteiger partial charge is 0.490 e. The van der Waals surface area contributed by atoms with Crippen LogP contribution in [-0.2, 0) is 4.79 Å². The van der Waals surface area contributed by atoms with E-state index in [1.165, 1.54) is 0 Å². The number of rotatable bonds is 8. The molecule has 4 N–H and O–H groups in total. The molecule has 10 nitrogen and oxygen atoms in total. The lowest BCUT2D eigenvalue weighted by molar-refractivity contribution is -0.119. The minimum atomic E-state index is -0.620. The maximum atomic E-state index is 12.4. The molecule has 2 aromatic heterocycles. The number of nitrogens with zero attached hydrogens (tertiary/aromatic N) is 3. The number of primary amides is 1. The molecule has 10 heteroatoms. The lowest BCUT2D eigenvalue weighted by Crippen LogP contribution is -2.31. The smallest absolute Gasteiger partial charge is 0.252 e. The first-order valence-electron chi connectivity index (χ1n) is 13.2. The lowest BCUT2D eigenvalue weighted by atomic mass is 9.84. The van der Waals surface area contributed by atoms with E-state index in [2.05, 4.69) is 15.4 Å². The molecule has 1 atom stereocenters. The van der Waals surface area contributed by atoms with Gasteiger partial charge in [0.1, 0.15) is 12.4 Å². The van der Waals surface area contributed by atoms with Crippen molar-refractivity contribution in [3.63, 3.8) is 0 Å². The third kappa shape index (κ3) is 5.45. The molecule has 0 bridgehead atoms. The molecule has 2 fully saturated rings. The Hall–Kier alpha value is -3.66. The molecule has 1 aliphatic carbocycles. The van der Waals surface area contributed by atoms with Gasteiger partial charge in [0.25, 0.3) is 5.91 Å². The summed E-state index contributed by atoms with van der Waals surface area (Å²) in [6.45, 7) is 5.92. The van der Waals surface area contributed by atoms with Gasteiger partial charge in [-0.05, 0) is 70.4 Å². The van der Waals surface area contributed by atoms with Crippen LogP contribution in [0, 0.1) is 0 Å². The molecule has 3 aromatic rings. The summed E-state index contributed by atoms with van der Waals surface area (Å²) in [6.07, 6.45) is 9.66. The summed E-state index contributed by atoms with van der Waals surface area (Å²) >= 11 is 0. The zero-order chi connectivity index (χ0) is 27.0. The second kappa shape index (κ2) is 10.2. The van der Waals surface area contributed by atoms with Gasteiger partial charge >= 0.3 is 0 Å². The van der Waals surface area contributed by atoms with E-state index in [-0.39, 0.29) is 36.3 Å². The molecule has 1 aromatic carbocycles. The maximum Gasteiger partial charge on any atom is 0.252 e. The van der Waals surface area contributed by atoms with E-state index in [0.717, 1.165) is 42.2 Å². The minimum Gasteiger partial charge on any atom is -0.490 e. The molecule has 1 aliphatic heterocycles. The van der Waals surface area contributed by atoms with Crippen LogP contribution in [0.3, 0.4) is 0 Å². The molecule has 1 saturated carbocycles. The number of carbonyl (C=O) groups is 2. The Morgan fingerprint density at radius 1 is 1.24 bits per heavy atom. The van der Waals surface area contributed by atoms with Crippen molar-refractivity contribution in [2.75, 3.05) is 6.61 Å². The van der Waals surface area contributed by atoms with Gasteiger partial charge in [0.2, 0.25) is 11.8 Å². The average Bonchev–Trinajstić information content (AvgIpc) is 3.51. The van der Waals surface area contributed by atoms with Crippen molar-refractivity contribution in [1.29, 1.82) is 0 Å². The van der Waals surface area contributed by atoms with Crippen LogP contribution >= 0.6 is 0 Å². The van der Waals surface area contributed by atoms with Crippen molar-refractivity contribution in [2.45, 2.75) is 83.1 Å². The van der Waals surface area contributed by atoms with E-state index in [1.54, 1.807) is 24.5 Å². The Labute approximate surface area is 221 Å². The van der Waals surface area contributed by atoms with Crippen LogP contribution in [0.15, 0.2) is 30.7 Å². The summed E-state index contributed by atoms with van der Waals surface area (Å²) in [4.78, 5) is 28.6. The molecule has 5 rings (SSSR count). The van der Waals surface area contributed by atoms with Crippen molar-refractivity contribution in [3.8, 4) is 22.8 Å². The van der Waals surface area contributed by atoms with Crippen molar-refractivity contribution >= 4 is 22.6 Å². The normalized spacial score (nSPS) is 23.6. The Kier molecular flexibility index (Phi) is 7.00. The summed E-state index contributed by atoms with van der Waals surface area (Å²) in [5, 5.41) is 19.3. The van der Waals surface area contributed by atoms with Gasteiger partial charge in [0.05, 0.1) is 35.5 Å². The van der Waals surface area contributed by atoms with E-state index in [1.807, 2.05) is 31.6 Å². The average molecular weight is 522 g/mol. The SMILES string of the molecule is CC(C)Oc1cc2c(OC[C@@H]3CCC(=O)N3)ncc(-c3cnn([C@H]4CC[C@@](C)(O)CC4)c3)c2cc1C(N)=O. The number of nitrogens with two attached hydrogens (primary N) is 1. The van der Waals surface area contributed by atoms with Crippen molar-refractivity contribution in [3.05, 3.63) is 36.3 Å². The van der Waals surface area contributed by atoms with Crippen LogP contribution < -0.4 is 20.5 Å². The molecule has 2 aliphatic rings. The number of pyridine rings is 1. The number of nitrogens with one attached hydrogen (secondary N) is 1. The van der Waals surface area contributed by atoms with E-state index in [0.29, 0.717) is 29.9 Å². The molecule has 1 saturated heterocycles. The molecule has 38 heavy (non-hydrogen) atoms. The van der Waals surface area contributed by atoms with Gasteiger partial charge in [-0.1, -0.05) is 0 Å². The van der Waals surface area contributed by atoms with Gasteiger partial charge in [0, 0.05) is 35.3 Å². The molecule has 0 spiro atoms. The summed E-state index contributed by atoms with van der Waals surface area (Å²) in [7, 11) is 0. The Morgan fingerprint density at radius 3 is 2.66 bits per heavy atom. The highest BCUT2D eigenvalue weighted by atomic mass is 16.5. The van der Waals surface area contributed by atoms with E-state index >= 15 is 0 Å². The van der Waals surface area contributed by atoms with Crippen LogP contribution in [0.2, 0.25) is 0 Å². The topological polar surface area (TPSA) is 142 Å². The second-order valence-electron chi connectivity index (χ2n) is 11.0. The van der Waals surface area contributed by atoms with Crippen LogP contribution in [0.5, 0.6) is 11.6 Å². The summed E-state index contributed by atoms with van der Waals surface area (Å²) in [5.41, 5.74) is 7.03. The number of benzene rings is 1. The highest BCUT2D eigenvalue weighted by Crippen LogP contribution is 2.39. The van der Waals surface area contributed by atoms with Gasteiger partial charge in [-0.3, -0.25) is 14.3 Å². The highest BCUT2D eigenvalue weighted by molar-refractivity contribution is 6.06. The molecule has 3 heterocycles. The van der Waals surface area contributed by atoms with Gasteiger partial charge in [-0.2, -0.15) is 5.10 Å². The Bertz CT molecular complexity index is 1360. The molecule has 0 radical (unpaired) electrons. The van der Waals surface area contributed by atoms with Crippen LogP contribution in [0.4, 0.5) is 0 Å². The predicted molar refractivity (Wildman–Crippen MR) is 142 cm³/mol. The van der Waals surface area contributed by atoms with Crippen molar-refractivity contribution < 1.29 is 24.2 Å². The van der Waals surface area contributed by atoms with E-state index in [9.17, 15) is 14.7 Å². The van der Waals surface area contributed by atoms with Gasteiger partial charge < -0.3 is 25.6 Å². The summed E-state index contributed by atoms with van der Waals surface area (Å²) in [5.74, 6) is 0.176. The van der Waals surface area contributed by atoms with E-state index in [4.69, 9.17) is 15.2 Å². The number of aliphatic hydroxyl groups is 1. The van der Waals surface area contributed by atoms with Crippen molar-refractivity contribution in [2.24, 2.45) is 5.73 Å². The van der Waals surface area contributed by atoms with Gasteiger partial charge in [-0.15, -0.1) is 0 Å². The number of carbonyl (C=O) groups excluding carboxylic acids is 2. The monoisotopic (exact) mass is 521 g/mol. The molecule has 0 unspecified atom stereocenters. The Morgan fingerprint density at radius 2 is 2.00 bits per heavy atom. The van der Waals surface area contributed by atoms with Crippen LogP contribution in [-0.4, -0.2) is 56.0 Å². The fourth-order valence-electron chi connectivity index (χ4n) is 5.28. The number of ether oxygens (including phenoxy) is 2. The number of fused-ring (bicyclic) bond motifs is 1. The van der Waals surface area contributed by atoms with Crippen LogP contribution in [0.25, 0.3) is 21.9 Å². The zero-order valence-corrected chi connectivity index (χ0v) is 22.1. The fourth-order valence-corrected chi connectivity index (χ4v) is 5.28. The van der Waals surface area contributed by atoms with Gasteiger partial charge in [0.15, 0.2) is 0 Å². The summed E-state index contributed by atoms with van der Waals surface area (Å²) < 4.78 is 14.0. The molecular formula is C28H35N5O5. The third-order valence-electron chi connectivity index (χ3n) is 7.40. The highest BCUT2D eigenvalue weighted by Gasteiger charge is 2.30. The number of amides is 2. The first-order valence-corrected chi connectivity index (χ1v) is 13.2. The summed E-state index contributed by atoms with van der Waals surface area (Å²) in [6, 6.07) is 3.61. The number of hydrogen-bond acceptors (Lipinski definition) is 7. The molecular weight excluding hydrogens is 486 g/mol. The van der Waals surface area contributed by atoms with Crippen LogP contribution in [0.1, 0.15) is 75.7 Å². The predicted octanol–water partition coefficient (Wildman–Crippen LogP) is 3.51. The third-order valence-corrected chi connectivity index (χ3v) is 7.40. The first-order chi connectivity index (χ1) is 18.1. The number of hydrogen-bond donors (Lipinski definition) is 3. The molecule has 2 amide bonds. The van der Waals surface area contributed by atoms with Gasteiger partial charge in [-0.25, -0.2) is 4.98 Å². The van der Waals surface area contributed by atoms with E-state index < -0.39 is 11.5 Å². The van der Waals surface area contributed by atoms with Crippen molar-refractivity contribution in [1.82, 2.24) is 20.1 Å². The second-order valence-corrected chi connectivity index (χ2v) is 11.0. The zero-order valence-electron chi connectivity index (χ0n) is 22.1.